The van der Waals surface area contributed by atoms with Crippen LogP contribution in [0.15, 0.2) is 65.8 Å². The van der Waals surface area contributed by atoms with E-state index in [1.807, 2.05) is 0 Å². The van der Waals surface area contributed by atoms with Gasteiger partial charge in [0.25, 0.3) is 0 Å². The zero-order valence-corrected chi connectivity index (χ0v) is 10.5. The second kappa shape index (κ2) is 9.19. The molecule has 1 aromatic heterocycles. The summed E-state index contributed by atoms with van der Waals surface area (Å²) in [6, 6.07) is 6.39. The number of allylic oxidation sites excluding steroid dienone is 8. The number of hydrogen-bond acceptors (Lipinski definition) is 1. The van der Waals surface area contributed by atoms with Gasteiger partial charge >= 0.3 is 59.1 Å². The summed E-state index contributed by atoms with van der Waals surface area (Å²) < 4.78 is 0. The van der Waals surface area contributed by atoms with E-state index in [4.69, 9.17) is 4.98 Å². The van der Waals surface area contributed by atoms with Gasteiger partial charge in [-0.25, -0.2) is 0 Å². The van der Waals surface area contributed by atoms with Crippen LogP contribution in [-0.4, -0.2) is 64.1 Å². The van der Waals surface area contributed by atoms with Gasteiger partial charge in [-0.2, -0.15) is 0 Å². The van der Waals surface area contributed by atoms with Crippen molar-refractivity contribution >= 4 is 59.1 Å². The van der Waals surface area contributed by atoms with E-state index in [2.05, 4.69) is 54.7 Å². The van der Waals surface area contributed by atoms with Gasteiger partial charge in [0.1, 0.15) is 0 Å². The van der Waals surface area contributed by atoms with Gasteiger partial charge in [0.2, 0.25) is 0 Å². The third kappa shape index (κ3) is 5.14. The van der Waals surface area contributed by atoms with Crippen LogP contribution in [0.3, 0.4) is 0 Å². The van der Waals surface area contributed by atoms with E-state index in [0.29, 0.717) is 0 Å². The van der Waals surface area contributed by atoms with Crippen molar-refractivity contribution in [1.29, 1.82) is 0 Å². The van der Waals surface area contributed by atoms with Crippen LogP contribution in [-0.2, 0) is 12.8 Å². The summed E-state index contributed by atoms with van der Waals surface area (Å²) >= 11 is 0. The molecule has 0 atom stereocenters. The van der Waals surface area contributed by atoms with Gasteiger partial charge in [0.15, 0.2) is 0 Å². The summed E-state index contributed by atoms with van der Waals surface area (Å²) in [6.07, 6.45) is 17.2. The molecule has 0 aromatic carbocycles. The third-order valence-electron chi connectivity index (χ3n) is 3.38. The molecule has 0 unspecified atom stereocenters. The number of aromatic nitrogens is 1. The Morgan fingerprint density at radius 1 is 0.800 bits per heavy atom. The molecule has 0 spiro atoms. The molecule has 3 heteroatoms. The maximum absolute atomic E-state index is 4.76. The molecule has 20 heavy (non-hydrogen) atoms. The fourth-order valence-electron chi connectivity index (χ4n) is 2.44. The van der Waals surface area contributed by atoms with Crippen molar-refractivity contribution < 1.29 is 0 Å². The Kier molecular flexibility index (Phi) is 8.35. The first kappa shape index (κ1) is 18.2. The molecule has 2 aliphatic rings. The molecule has 0 bridgehead atoms. The average molecular weight is 283 g/mol. The van der Waals surface area contributed by atoms with Crippen LogP contribution in [0, 0.1) is 0 Å². The first-order valence-corrected chi connectivity index (χ1v) is 6.54. The van der Waals surface area contributed by atoms with Crippen molar-refractivity contribution in [2.24, 2.45) is 0 Å². The number of hydrogen-bond donors (Lipinski definition) is 0. The first-order chi connectivity index (χ1) is 8.90. The SMILES string of the molecule is C1=CCC(Cc2cccc(CC3=CC=CC3)n2)=C1.[NaH].[NaH]. The van der Waals surface area contributed by atoms with Crippen LogP contribution in [0.25, 0.3) is 0 Å². The van der Waals surface area contributed by atoms with Gasteiger partial charge in [-0.1, -0.05) is 53.7 Å². The molecule has 0 saturated heterocycles. The molecule has 1 aromatic rings. The standard InChI is InChI=1S/C17H17N.2Na.2H/c1-2-7-14(6-1)12-16-10-5-11-17(18-16)13-15-8-3-4-9-15;;;;/h1-6,8,10-11H,7,9,12-13H2;;;;. The first-order valence-electron chi connectivity index (χ1n) is 6.54. The molecular weight excluding hydrogens is 264 g/mol. The Hall–Kier alpha value is 0.110. The molecule has 0 aliphatic heterocycles. The Morgan fingerprint density at radius 2 is 1.30 bits per heavy atom. The van der Waals surface area contributed by atoms with E-state index in [9.17, 15) is 0 Å². The summed E-state index contributed by atoms with van der Waals surface area (Å²) in [4.78, 5) is 4.76. The van der Waals surface area contributed by atoms with E-state index < -0.39 is 0 Å². The average Bonchev–Trinajstić information content (AvgIpc) is 3.03. The Bertz CT molecular complexity index is 521. The molecule has 0 amide bonds. The van der Waals surface area contributed by atoms with Crippen LogP contribution in [0.5, 0.6) is 0 Å². The fraction of sp³-hybridized carbons (Fsp3) is 0.235. The quantitative estimate of drug-likeness (QED) is 0.774. The monoisotopic (exact) mass is 283 g/mol. The molecular formula is C17H19NNa2. The Morgan fingerprint density at radius 3 is 1.70 bits per heavy atom. The Balaban J connectivity index is 0.000001000. The second-order valence-corrected chi connectivity index (χ2v) is 4.89. The third-order valence-corrected chi connectivity index (χ3v) is 3.38. The van der Waals surface area contributed by atoms with Crippen LogP contribution in [0.1, 0.15) is 24.2 Å². The van der Waals surface area contributed by atoms with Crippen molar-refractivity contribution in [3.8, 4) is 0 Å². The van der Waals surface area contributed by atoms with Crippen LogP contribution in [0.2, 0.25) is 0 Å². The normalized spacial score (nSPS) is 15.4. The number of rotatable bonds is 4. The van der Waals surface area contributed by atoms with E-state index in [1.54, 1.807) is 0 Å². The van der Waals surface area contributed by atoms with E-state index in [-0.39, 0.29) is 59.1 Å². The summed E-state index contributed by atoms with van der Waals surface area (Å²) in [6.45, 7) is 0. The van der Waals surface area contributed by atoms with Gasteiger partial charge in [-0.15, -0.1) is 0 Å². The molecule has 1 heterocycles. The van der Waals surface area contributed by atoms with Crippen molar-refractivity contribution in [3.63, 3.8) is 0 Å². The van der Waals surface area contributed by atoms with Crippen molar-refractivity contribution in [1.82, 2.24) is 4.98 Å². The van der Waals surface area contributed by atoms with Gasteiger partial charge < -0.3 is 0 Å². The van der Waals surface area contributed by atoms with Crippen molar-refractivity contribution in [3.05, 3.63) is 77.2 Å². The summed E-state index contributed by atoms with van der Waals surface area (Å²) in [5.41, 5.74) is 5.30. The minimum absolute atomic E-state index is 0. The summed E-state index contributed by atoms with van der Waals surface area (Å²) in [7, 11) is 0. The molecule has 0 N–H and O–H groups in total. The minimum atomic E-state index is 0. The van der Waals surface area contributed by atoms with Gasteiger partial charge in [-0.3, -0.25) is 4.98 Å². The van der Waals surface area contributed by atoms with E-state index >= 15 is 0 Å². The van der Waals surface area contributed by atoms with Crippen LogP contribution >= 0.6 is 0 Å². The van der Waals surface area contributed by atoms with Gasteiger partial charge in [-0.05, 0) is 25.0 Å². The maximum atomic E-state index is 4.76. The molecule has 1 nitrogen and oxygen atoms in total. The summed E-state index contributed by atoms with van der Waals surface area (Å²) in [5.74, 6) is 0. The van der Waals surface area contributed by atoms with E-state index in [1.165, 1.54) is 22.5 Å². The van der Waals surface area contributed by atoms with Crippen LogP contribution in [0.4, 0.5) is 0 Å². The molecule has 0 fully saturated rings. The van der Waals surface area contributed by atoms with E-state index in [0.717, 1.165) is 25.7 Å². The molecule has 3 rings (SSSR count). The zero-order valence-electron chi connectivity index (χ0n) is 10.5. The number of pyridine rings is 1. The molecule has 94 valence electrons. The molecule has 0 saturated carbocycles. The van der Waals surface area contributed by atoms with Crippen molar-refractivity contribution in [2.45, 2.75) is 25.7 Å². The number of nitrogens with zero attached hydrogens (tertiary/aromatic N) is 1. The predicted octanol–water partition coefficient (Wildman–Crippen LogP) is 2.64. The zero-order chi connectivity index (χ0) is 12.2. The van der Waals surface area contributed by atoms with Crippen molar-refractivity contribution in [2.75, 3.05) is 0 Å². The van der Waals surface area contributed by atoms with Gasteiger partial charge in [0.05, 0.1) is 0 Å². The summed E-state index contributed by atoms with van der Waals surface area (Å²) in [5, 5.41) is 0. The second-order valence-electron chi connectivity index (χ2n) is 4.89. The van der Waals surface area contributed by atoms with Crippen LogP contribution < -0.4 is 0 Å². The molecule has 2 aliphatic carbocycles. The fourth-order valence-corrected chi connectivity index (χ4v) is 2.44. The van der Waals surface area contributed by atoms with Gasteiger partial charge in [0, 0.05) is 24.2 Å². The predicted molar refractivity (Wildman–Crippen MR) is 89.6 cm³/mol. The topological polar surface area (TPSA) is 12.9 Å². The molecule has 0 radical (unpaired) electrons. The Labute approximate surface area is 165 Å².